The van der Waals surface area contributed by atoms with Gasteiger partial charge in [0, 0.05) is 35.8 Å². The van der Waals surface area contributed by atoms with Crippen LogP contribution in [0, 0.1) is 6.92 Å². The van der Waals surface area contributed by atoms with Crippen molar-refractivity contribution in [2.75, 3.05) is 19.7 Å². The van der Waals surface area contributed by atoms with E-state index in [1.165, 1.54) is 15.3 Å². The number of aryl methyl sites for hydroxylation is 1. The van der Waals surface area contributed by atoms with Gasteiger partial charge in [0.2, 0.25) is 0 Å². The van der Waals surface area contributed by atoms with Crippen molar-refractivity contribution in [3.63, 3.8) is 0 Å². The maximum absolute atomic E-state index is 6.24. The zero-order valence-corrected chi connectivity index (χ0v) is 15.8. The Hall–Kier alpha value is -1.20. The summed E-state index contributed by atoms with van der Waals surface area (Å²) in [5.41, 5.74) is 1.30. The highest BCUT2D eigenvalue weighted by Crippen LogP contribution is 2.37. The highest BCUT2D eigenvalue weighted by molar-refractivity contribution is 7.11. The number of ether oxygens (including phenoxy) is 2. The monoisotopic (exact) mass is 357 g/mol. The summed E-state index contributed by atoms with van der Waals surface area (Å²) in [5.74, 6) is 0. The van der Waals surface area contributed by atoms with Gasteiger partial charge in [-0.05, 0) is 37.5 Å². The molecule has 0 aliphatic carbocycles. The molecule has 0 radical (unpaired) electrons. The van der Waals surface area contributed by atoms with E-state index >= 15 is 0 Å². The summed E-state index contributed by atoms with van der Waals surface area (Å²) < 4.78 is 12.3. The molecule has 0 N–H and O–H groups in total. The van der Waals surface area contributed by atoms with Gasteiger partial charge >= 0.3 is 0 Å². The fourth-order valence-electron chi connectivity index (χ4n) is 3.96. The van der Waals surface area contributed by atoms with Crippen molar-refractivity contribution in [2.45, 2.75) is 51.0 Å². The van der Waals surface area contributed by atoms with Crippen LogP contribution in [0.3, 0.4) is 0 Å². The first-order chi connectivity index (χ1) is 12.2. The number of rotatable bonds is 5. The fraction of sp³-hybridized carbons (Fsp3) is 0.524. The Labute approximate surface area is 154 Å². The number of thiophene rings is 1. The van der Waals surface area contributed by atoms with Crippen LogP contribution in [0.5, 0.6) is 0 Å². The van der Waals surface area contributed by atoms with Crippen LogP contribution in [-0.4, -0.2) is 36.3 Å². The molecule has 25 heavy (non-hydrogen) atoms. The summed E-state index contributed by atoms with van der Waals surface area (Å²) in [5, 5.41) is 0. The van der Waals surface area contributed by atoms with Gasteiger partial charge in [-0.15, -0.1) is 11.3 Å². The van der Waals surface area contributed by atoms with Gasteiger partial charge in [-0.2, -0.15) is 0 Å². The average Bonchev–Trinajstić information content (AvgIpc) is 3.23. The molecule has 1 atom stereocenters. The second kappa shape index (κ2) is 7.58. The van der Waals surface area contributed by atoms with E-state index in [9.17, 15) is 0 Å². The van der Waals surface area contributed by atoms with Crippen LogP contribution in [0.25, 0.3) is 0 Å². The van der Waals surface area contributed by atoms with Crippen molar-refractivity contribution < 1.29 is 9.47 Å². The van der Waals surface area contributed by atoms with Crippen molar-refractivity contribution in [1.82, 2.24) is 4.90 Å². The summed E-state index contributed by atoms with van der Waals surface area (Å²) in [6.07, 6.45) is 3.54. The van der Waals surface area contributed by atoms with Crippen LogP contribution in [0.4, 0.5) is 0 Å². The minimum Gasteiger partial charge on any atom is -0.372 e. The molecule has 0 bridgehead atoms. The SMILES string of the molecule is Cc1ccc(CN2CCC3(CC2)C[C@@H](OCc2ccccc2)CO3)s1. The lowest BCUT2D eigenvalue weighted by Gasteiger charge is -2.38. The number of likely N-dealkylation sites (tertiary alicyclic amines) is 1. The standard InChI is InChI=1S/C21H27NO2S/c1-17-7-8-20(25-17)14-22-11-9-21(10-12-22)13-19(16-24-21)23-15-18-5-3-2-4-6-18/h2-8,19H,9-16H2,1H3/t19-/m1/s1. The summed E-state index contributed by atoms with van der Waals surface area (Å²) in [7, 11) is 0. The Morgan fingerprint density at radius 3 is 2.68 bits per heavy atom. The van der Waals surface area contributed by atoms with E-state index in [2.05, 4.69) is 48.2 Å². The molecule has 4 rings (SSSR count). The van der Waals surface area contributed by atoms with Crippen LogP contribution >= 0.6 is 11.3 Å². The third-order valence-electron chi connectivity index (χ3n) is 5.45. The molecular weight excluding hydrogens is 330 g/mol. The Morgan fingerprint density at radius 2 is 1.96 bits per heavy atom. The third kappa shape index (κ3) is 4.32. The molecule has 1 aromatic carbocycles. The Morgan fingerprint density at radius 1 is 1.16 bits per heavy atom. The summed E-state index contributed by atoms with van der Waals surface area (Å²) in [4.78, 5) is 5.45. The maximum atomic E-state index is 6.24. The normalized spacial score (nSPS) is 23.3. The van der Waals surface area contributed by atoms with Gasteiger partial charge in [0.15, 0.2) is 0 Å². The van der Waals surface area contributed by atoms with Crippen LogP contribution in [0.1, 0.15) is 34.6 Å². The van der Waals surface area contributed by atoms with E-state index < -0.39 is 0 Å². The molecule has 2 aliphatic heterocycles. The van der Waals surface area contributed by atoms with Crippen molar-refractivity contribution in [3.8, 4) is 0 Å². The largest absolute Gasteiger partial charge is 0.372 e. The second-order valence-corrected chi connectivity index (χ2v) is 8.78. The molecule has 4 heteroatoms. The summed E-state index contributed by atoms with van der Waals surface area (Å²) in [6, 6.07) is 14.9. The van der Waals surface area contributed by atoms with Gasteiger partial charge in [0.25, 0.3) is 0 Å². The molecule has 134 valence electrons. The van der Waals surface area contributed by atoms with E-state index in [-0.39, 0.29) is 11.7 Å². The van der Waals surface area contributed by atoms with Crippen molar-refractivity contribution >= 4 is 11.3 Å². The third-order valence-corrected chi connectivity index (χ3v) is 6.43. The van der Waals surface area contributed by atoms with Gasteiger partial charge < -0.3 is 9.47 Å². The van der Waals surface area contributed by atoms with E-state index in [0.29, 0.717) is 6.61 Å². The van der Waals surface area contributed by atoms with Crippen molar-refractivity contribution in [2.24, 2.45) is 0 Å². The molecule has 2 fully saturated rings. The number of hydrogen-bond acceptors (Lipinski definition) is 4. The summed E-state index contributed by atoms with van der Waals surface area (Å²) in [6.45, 7) is 6.96. The molecule has 1 aromatic heterocycles. The van der Waals surface area contributed by atoms with Crippen LogP contribution in [0.2, 0.25) is 0 Å². The fourth-order valence-corrected chi connectivity index (χ4v) is 4.89. The first kappa shape index (κ1) is 17.2. The van der Waals surface area contributed by atoms with Crippen LogP contribution < -0.4 is 0 Å². The number of nitrogens with zero attached hydrogens (tertiary/aromatic N) is 1. The lowest BCUT2D eigenvalue weighted by atomic mass is 9.88. The topological polar surface area (TPSA) is 21.7 Å². The quantitative estimate of drug-likeness (QED) is 0.792. The van der Waals surface area contributed by atoms with Gasteiger partial charge in [-0.3, -0.25) is 4.90 Å². The van der Waals surface area contributed by atoms with Gasteiger partial charge in [-0.25, -0.2) is 0 Å². The molecule has 1 spiro atoms. The molecule has 3 heterocycles. The smallest absolute Gasteiger partial charge is 0.0840 e. The molecular formula is C21H27NO2S. The van der Waals surface area contributed by atoms with Gasteiger partial charge in [-0.1, -0.05) is 30.3 Å². The minimum absolute atomic E-state index is 0.0588. The van der Waals surface area contributed by atoms with E-state index in [4.69, 9.17) is 9.47 Å². The number of hydrogen-bond donors (Lipinski definition) is 0. The maximum Gasteiger partial charge on any atom is 0.0840 e. The predicted octanol–water partition coefficient (Wildman–Crippen LogP) is 4.40. The molecule has 0 amide bonds. The second-order valence-electron chi connectivity index (χ2n) is 7.41. The first-order valence-electron chi connectivity index (χ1n) is 9.28. The van der Waals surface area contributed by atoms with E-state index in [1.54, 1.807) is 0 Å². The number of benzene rings is 1. The lowest BCUT2D eigenvalue weighted by Crippen LogP contribution is -2.43. The average molecular weight is 358 g/mol. The van der Waals surface area contributed by atoms with Crippen molar-refractivity contribution in [3.05, 3.63) is 57.8 Å². The van der Waals surface area contributed by atoms with Crippen molar-refractivity contribution in [1.29, 1.82) is 0 Å². The van der Waals surface area contributed by atoms with Crippen LogP contribution in [-0.2, 0) is 22.6 Å². The minimum atomic E-state index is 0.0588. The zero-order valence-electron chi connectivity index (χ0n) is 14.9. The predicted molar refractivity (Wildman–Crippen MR) is 102 cm³/mol. The zero-order chi connectivity index (χ0) is 17.1. The van der Waals surface area contributed by atoms with Crippen LogP contribution in [0.15, 0.2) is 42.5 Å². The van der Waals surface area contributed by atoms with Gasteiger partial charge in [0.1, 0.15) is 0 Å². The highest BCUT2D eigenvalue weighted by atomic mass is 32.1. The molecule has 0 saturated carbocycles. The molecule has 2 aromatic rings. The number of piperidine rings is 1. The molecule has 2 aliphatic rings. The Bertz CT molecular complexity index is 676. The Kier molecular flexibility index (Phi) is 5.23. The first-order valence-corrected chi connectivity index (χ1v) is 10.1. The molecule has 2 saturated heterocycles. The Balaban J connectivity index is 1.24. The van der Waals surface area contributed by atoms with E-state index in [1.807, 2.05) is 17.4 Å². The van der Waals surface area contributed by atoms with Gasteiger partial charge in [0.05, 0.1) is 24.9 Å². The lowest BCUT2D eigenvalue weighted by molar-refractivity contribution is -0.0467. The summed E-state index contributed by atoms with van der Waals surface area (Å²) >= 11 is 1.92. The highest BCUT2D eigenvalue weighted by Gasteiger charge is 2.43. The molecule has 3 nitrogen and oxygen atoms in total. The molecule has 0 unspecified atom stereocenters. The van der Waals surface area contributed by atoms with E-state index in [0.717, 1.165) is 45.5 Å².